The van der Waals surface area contributed by atoms with Crippen molar-refractivity contribution in [3.05, 3.63) is 21.9 Å². The zero-order valence-electron chi connectivity index (χ0n) is 11.1. The molecular weight excluding hydrogens is 244 g/mol. The van der Waals surface area contributed by atoms with Crippen LogP contribution in [0.2, 0.25) is 0 Å². The maximum absolute atomic E-state index is 12.4. The summed E-state index contributed by atoms with van der Waals surface area (Å²) in [7, 11) is 0. The standard InChI is InChI=1S/C14H20N2OS/c1-10(2)16-7-3-12(14(16)17)15-6-4-13-11(9-15)5-8-18-13/h5,8,10,12H,3-4,6-7,9H2,1-2H3. The molecule has 0 N–H and O–H groups in total. The third-order valence-corrected chi connectivity index (χ3v) is 5.14. The lowest BCUT2D eigenvalue weighted by molar-refractivity contribution is -0.133. The summed E-state index contributed by atoms with van der Waals surface area (Å²) in [6.07, 6.45) is 2.11. The first kappa shape index (κ1) is 12.2. The summed E-state index contributed by atoms with van der Waals surface area (Å²) in [5.41, 5.74) is 1.43. The summed E-state index contributed by atoms with van der Waals surface area (Å²) in [6, 6.07) is 2.68. The third kappa shape index (κ3) is 1.97. The minimum Gasteiger partial charge on any atom is -0.339 e. The Kier molecular flexibility index (Phi) is 3.16. The van der Waals surface area contributed by atoms with Crippen LogP contribution in [0.25, 0.3) is 0 Å². The smallest absolute Gasteiger partial charge is 0.240 e. The lowest BCUT2D eigenvalue weighted by atomic mass is 10.1. The number of carbonyl (C=O) groups excluding carboxylic acids is 1. The molecule has 1 aromatic rings. The Morgan fingerprint density at radius 3 is 2.94 bits per heavy atom. The zero-order valence-corrected chi connectivity index (χ0v) is 11.9. The van der Waals surface area contributed by atoms with E-state index in [2.05, 4.69) is 30.2 Å². The summed E-state index contributed by atoms with van der Waals surface area (Å²) < 4.78 is 0. The van der Waals surface area contributed by atoms with E-state index < -0.39 is 0 Å². The van der Waals surface area contributed by atoms with Crippen LogP contribution in [0, 0.1) is 0 Å². The van der Waals surface area contributed by atoms with Gasteiger partial charge in [0, 0.05) is 30.6 Å². The van der Waals surface area contributed by atoms with Crippen LogP contribution < -0.4 is 0 Å². The Labute approximate surface area is 112 Å². The lowest BCUT2D eigenvalue weighted by Gasteiger charge is -2.31. The van der Waals surface area contributed by atoms with Crippen molar-refractivity contribution in [2.45, 2.75) is 45.3 Å². The van der Waals surface area contributed by atoms with Gasteiger partial charge in [-0.1, -0.05) is 0 Å². The molecule has 1 atom stereocenters. The summed E-state index contributed by atoms with van der Waals surface area (Å²) in [4.78, 5) is 18.3. The normalized spacial score (nSPS) is 24.9. The molecular formula is C14H20N2OS. The van der Waals surface area contributed by atoms with Crippen LogP contribution in [-0.2, 0) is 17.8 Å². The fourth-order valence-corrected chi connectivity index (χ4v) is 3.96. The average Bonchev–Trinajstić information content (AvgIpc) is 2.93. The molecule has 1 amide bonds. The minimum atomic E-state index is 0.125. The Morgan fingerprint density at radius 1 is 1.39 bits per heavy atom. The number of rotatable bonds is 2. The lowest BCUT2D eigenvalue weighted by Crippen LogP contribution is -2.45. The van der Waals surface area contributed by atoms with E-state index in [1.54, 1.807) is 0 Å². The summed E-state index contributed by atoms with van der Waals surface area (Å²) in [5, 5.41) is 2.17. The Bertz CT molecular complexity index is 454. The molecule has 3 heterocycles. The highest BCUT2D eigenvalue weighted by Crippen LogP contribution is 2.28. The fourth-order valence-electron chi connectivity index (χ4n) is 3.07. The van der Waals surface area contributed by atoms with E-state index in [9.17, 15) is 4.79 Å². The second-order valence-electron chi connectivity index (χ2n) is 5.52. The van der Waals surface area contributed by atoms with Crippen LogP contribution in [0.1, 0.15) is 30.7 Å². The summed E-state index contributed by atoms with van der Waals surface area (Å²) >= 11 is 1.85. The Balaban J connectivity index is 1.72. The van der Waals surface area contributed by atoms with Gasteiger partial charge >= 0.3 is 0 Å². The maximum atomic E-state index is 12.4. The van der Waals surface area contributed by atoms with Crippen molar-refractivity contribution in [3.63, 3.8) is 0 Å². The van der Waals surface area contributed by atoms with Gasteiger partial charge in [0.05, 0.1) is 6.04 Å². The number of carbonyl (C=O) groups is 1. The topological polar surface area (TPSA) is 23.6 Å². The van der Waals surface area contributed by atoms with Gasteiger partial charge in [-0.25, -0.2) is 0 Å². The number of hydrogen-bond acceptors (Lipinski definition) is 3. The van der Waals surface area contributed by atoms with Gasteiger partial charge in [0.25, 0.3) is 0 Å². The van der Waals surface area contributed by atoms with E-state index >= 15 is 0 Å². The van der Waals surface area contributed by atoms with Gasteiger partial charge in [0.15, 0.2) is 0 Å². The van der Waals surface area contributed by atoms with E-state index in [1.165, 1.54) is 10.4 Å². The van der Waals surface area contributed by atoms with E-state index in [0.717, 1.165) is 32.5 Å². The molecule has 1 aromatic heterocycles. The van der Waals surface area contributed by atoms with Gasteiger partial charge < -0.3 is 4.90 Å². The molecule has 0 saturated carbocycles. The summed E-state index contributed by atoms with van der Waals surface area (Å²) in [6.45, 7) is 7.13. The second-order valence-corrected chi connectivity index (χ2v) is 6.52. The van der Waals surface area contributed by atoms with Crippen molar-refractivity contribution in [2.75, 3.05) is 13.1 Å². The first-order valence-electron chi connectivity index (χ1n) is 6.76. The predicted octanol–water partition coefficient (Wildman–Crippen LogP) is 2.12. The highest BCUT2D eigenvalue weighted by Gasteiger charge is 2.37. The molecule has 0 bridgehead atoms. The second kappa shape index (κ2) is 4.67. The molecule has 0 radical (unpaired) electrons. The molecule has 0 aromatic carbocycles. The minimum absolute atomic E-state index is 0.125. The fraction of sp³-hybridized carbons (Fsp3) is 0.643. The maximum Gasteiger partial charge on any atom is 0.240 e. The molecule has 98 valence electrons. The number of nitrogens with zero attached hydrogens (tertiary/aromatic N) is 2. The SMILES string of the molecule is CC(C)N1CCC(N2CCc3sccc3C2)C1=O. The van der Waals surface area contributed by atoms with Crippen LogP contribution in [0.5, 0.6) is 0 Å². The molecule has 4 heteroatoms. The number of likely N-dealkylation sites (tertiary alicyclic amines) is 1. The molecule has 1 fully saturated rings. The van der Waals surface area contributed by atoms with E-state index in [4.69, 9.17) is 0 Å². The molecule has 2 aliphatic heterocycles. The molecule has 18 heavy (non-hydrogen) atoms. The van der Waals surface area contributed by atoms with Gasteiger partial charge in [0.2, 0.25) is 5.91 Å². The van der Waals surface area contributed by atoms with Gasteiger partial charge in [-0.3, -0.25) is 9.69 Å². The van der Waals surface area contributed by atoms with Crippen LogP contribution in [0.4, 0.5) is 0 Å². The largest absolute Gasteiger partial charge is 0.339 e. The zero-order chi connectivity index (χ0) is 12.7. The van der Waals surface area contributed by atoms with Crippen LogP contribution in [0.15, 0.2) is 11.4 Å². The van der Waals surface area contributed by atoms with Crippen molar-refractivity contribution in [2.24, 2.45) is 0 Å². The average molecular weight is 264 g/mol. The van der Waals surface area contributed by atoms with Crippen molar-refractivity contribution in [1.82, 2.24) is 9.80 Å². The number of fused-ring (bicyclic) bond motifs is 1. The molecule has 0 aliphatic carbocycles. The Morgan fingerprint density at radius 2 is 2.22 bits per heavy atom. The molecule has 3 nitrogen and oxygen atoms in total. The number of hydrogen-bond donors (Lipinski definition) is 0. The van der Waals surface area contributed by atoms with Crippen molar-refractivity contribution in [3.8, 4) is 0 Å². The number of amides is 1. The molecule has 0 spiro atoms. The molecule has 1 saturated heterocycles. The number of thiophene rings is 1. The molecule has 3 rings (SSSR count). The van der Waals surface area contributed by atoms with Gasteiger partial charge in [-0.2, -0.15) is 0 Å². The van der Waals surface area contributed by atoms with Gasteiger partial charge in [0.1, 0.15) is 0 Å². The molecule has 1 unspecified atom stereocenters. The van der Waals surface area contributed by atoms with E-state index in [0.29, 0.717) is 11.9 Å². The quantitative estimate of drug-likeness (QED) is 0.817. The third-order valence-electron chi connectivity index (χ3n) is 4.11. The van der Waals surface area contributed by atoms with Gasteiger partial charge in [-0.15, -0.1) is 11.3 Å². The van der Waals surface area contributed by atoms with Gasteiger partial charge in [-0.05, 0) is 43.7 Å². The van der Waals surface area contributed by atoms with Crippen molar-refractivity contribution < 1.29 is 4.79 Å². The van der Waals surface area contributed by atoms with E-state index in [-0.39, 0.29) is 6.04 Å². The summed E-state index contributed by atoms with van der Waals surface area (Å²) in [5.74, 6) is 0.337. The first-order valence-corrected chi connectivity index (χ1v) is 7.64. The Hall–Kier alpha value is -0.870. The van der Waals surface area contributed by atoms with Crippen LogP contribution >= 0.6 is 11.3 Å². The highest BCUT2D eigenvalue weighted by molar-refractivity contribution is 7.10. The molecule has 2 aliphatic rings. The van der Waals surface area contributed by atoms with Crippen LogP contribution in [-0.4, -0.2) is 40.9 Å². The van der Waals surface area contributed by atoms with Crippen molar-refractivity contribution in [1.29, 1.82) is 0 Å². The predicted molar refractivity (Wildman–Crippen MR) is 73.7 cm³/mol. The first-order chi connectivity index (χ1) is 8.66. The highest BCUT2D eigenvalue weighted by atomic mass is 32.1. The van der Waals surface area contributed by atoms with Crippen LogP contribution in [0.3, 0.4) is 0 Å². The van der Waals surface area contributed by atoms with Crippen molar-refractivity contribution >= 4 is 17.2 Å². The van der Waals surface area contributed by atoms with E-state index in [1.807, 2.05) is 16.2 Å². The monoisotopic (exact) mass is 264 g/mol.